The number of hydrogen-bond donors (Lipinski definition) is 2. The van der Waals surface area contributed by atoms with Crippen molar-refractivity contribution >= 4 is 23.4 Å². The highest BCUT2D eigenvalue weighted by Gasteiger charge is 2.06. The summed E-state index contributed by atoms with van der Waals surface area (Å²) in [6, 6.07) is 7.13. The quantitative estimate of drug-likeness (QED) is 0.156. The summed E-state index contributed by atoms with van der Waals surface area (Å²) in [5.74, 6) is 0.469. The molecule has 0 atom stereocenters. The third-order valence-corrected chi connectivity index (χ3v) is 5.33. The molecular formula is C26H43ClN2O7. The molecule has 9 nitrogen and oxygen atoms in total. The molecule has 0 aliphatic carbocycles. The van der Waals surface area contributed by atoms with Crippen LogP contribution in [0.5, 0.6) is 0 Å². The van der Waals surface area contributed by atoms with Crippen molar-refractivity contribution in [2.24, 2.45) is 0 Å². The van der Waals surface area contributed by atoms with Crippen molar-refractivity contribution in [2.75, 3.05) is 79.0 Å². The van der Waals surface area contributed by atoms with Gasteiger partial charge in [0.05, 0.1) is 52.9 Å². The molecule has 1 aromatic rings. The molecule has 2 amide bonds. The molecule has 0 fully saturated rings. The summed E-state index contributed by atoms with van der Waals surface area (Å²) in [5, 5.41) is 5.68. The van der Waals surface area contributed by atoms with Gasteiger partial charge in [0.15, 0.2) is 0 Å². The second-order valence-corrected chi connectivity index (χ2v) is 8.40. The number of carbonyl (C=O) groups excluding carboxylic acids is 2. The van der Waals surface area contributed by atoms with Crippen molar-refractivity contribution in [2.45, 2.75) is 38.6 Å². The lowest BCUT2D eigenvalue weighted by atomic mass is 10.1. The molecule has 0 bridgehead atoms. The zero-order valence-corrected chi connectivity index (χ0v) is 22.3. The predicted molar refractivity (Wildman–Crippen MR) is 140 cm³/mol. The number of halogens is 1. The lowest BCUT2D eigenvalue weighted by Gasteiger charge is -2.09. The average molecular weight is 531 g/mol. The van der Waals surface area contributed by atoms with E-state index in [1.54, 1.807) is 19.2 Å². The fraction of sp³-hybridized carbons (Fsp3) is 0.692. The minimum atomic E-state index is -0.161. The summed E-state index contributed by atoms with van der Waals surface area (Å²) in [5.41, 5.74) is 1.47. The maximum absolute atomic E-state index is 12.3. The van der Waals surface area contributed by atoms with E-state index in [0.717, 1.165) is 43.7 Å². The van der Waals surface area contributed by atoms with Gasteiger partial charge in [0.25, 0.3) is 5.91 Å². The molecule has 0 heterocycles. The van der Waals surface area contributed by atoms with Gasteiger partial charge in [-0.3, -0.25) is 9.59 Å². The van der Waals surface area contributed by atoms with Crippen LogP contribution in [-0.4, -0.2) is 90.8 Å². The molecule has 206 valence electrons. The Morgan fingerprint density at radius 1 is 0.722 bits per heavy atom. The van der Waals surface area contributed by atoms with Gasteiger partial charge in [0, 0.05) is 44.7 Å². The summed E-state index contributed by atoms with van der Waals surface area (Å²) in [4.78, 5) is 24.2. The Kier molecular flexibility index (Phi) is 21.2. The van der Waals surface area contributed by atoms with E-state index in [1.165, 1.54) is 0 Å². The highest BCUT2D eigenvalue weighted by Crippen LogP contribution is 2.05. The molecule has 0 saturated heterocycles. The maximum Gasteiger partial charge on any atom is 0.251 e. The lowest BCUT2D eigenvalue weighted by Crippen LogP contribution is -2.27. The van der Waals surface area contributed by atoms with Gasteiger partial charge in [-0.05, 0) is 30.5 Å². The van der Waals surface area contributed by atoms with Gasteiger partial charge in [-0.25, -0.2) is 0 Å². The number of carbonyl (C=O) groups is 2. The summed E-state index contributed by atoms with van der Waals surface area (Å²) < 4.78 is 26.5. The Balaban J connectivity index is 2.03. The monoisotopic (exact) mass is 530 g/mol. The molecule has 0 aromatic heterocycles. The SMILES string of the molecule is COCCOCCOCCC(=O)NCc1ccc(C(=O)NCCOCCOCCCCCCCl)cc1. The number of nitrogens with one attached hydrogen (secondary N) is 2. The molecule has 1 rings (SSSR count). The van der Waals surface area contributed by atoms with Crippen molar-refractivity contribution in [1.29, 1.82) is 0 Å². The van der Waals surface area contributed by atoms with Crippen LogP contribution in [0.3, 0.4) is 0 Å². The largest absolute Gasteiger partial charge is 0.382 e. The number of ether oxygens (including phenoxy) is 5. The first kappa shape index (κ1) is 32.3. The van der Waals surface area contributed by atoms with Crippen LogP contribution in [0.2, 0.25) is 0 Å². The van der Waals surface area contributed by atoms with Crippen LogP contribution in [-0.2, 0) is 35.0 Å². The highest BCUT2D eigenvalue weighted by molar-refractivity contribution is 6.17. The van der Waals surface area contributed by atoms with Gasteiger partial charge in [0.1, 0.15) is 0 Å². The van der Waals surface area contributed by atoms with E-state index in [2.05, 4.69) is 10.6 Å². The molecule has 0 saturated carbocycles. The molecule has 0 spiro atoms. The second-order valence-electron chi connectivity index (χ2n) is 8.03. The molecule has 10 heteroatoms. The van der Waals surface area contributed by atoms with Crippen molar-refractivity contribution in [3.05, 3.63) is 35.4 Å². The van der Waals surface area contributed by atoms with Gasteiger partial charge in [-0.1, -0.05) is 25.0 Å². The van der Waals surface area contributed by atoms with E-state index in [9.17, 15) is 9.59 Å². The molecule has 0 aliphatic heterocycles. The zero-order valence-electron chi connectivity index (χ0n) is 21.6. The van der Waals surface area contributed by atoms with E-state index < -0.39 is 0 Å². The number of hydrogen-bond acceptors (Lipinski definition) is 7. The molecule has 0 radical (unpaired) electrons. The first-order valence-corrected chi connectivity index (χ1v) is 13.2. The van der Waals surface area contributed by atoms with Gasteiger partial charge in [0.2, 0.25) is 5.91 Å². The number of methoxy groups -OCH3 is 1. The number of alkyl halides is 1. The zero-order chi connectivity index (χ0) is 26.1. The minimum absolute atomic E-state index is 0.0928. The van der Waals surface area contributed by atoms with Crippen LogP contribution in [0, 0.1) is 0 Å². The maximum atomic E-state index is 12.3. The Labute approximate surface area is 220 Å². The summed E-state index contributed by atoms with van der Waals surface area (Å²) in [6.45, 7) is 5.39. The fourth-order valence-corrected chi connectivity index (χ4v) is 3.19. The predicted octanol–water partition coefficient (Wildman–Crippen LogP) is 2.93. The third kappa shape index (κ3) is 18.5. The van der Waals surface area contributed by atoms with E-state index in [4.69, 9.17) is 35.3 Å². The van der Waals surface area contributed by atoms with E-state index >= 15 is 0 Å². The Morgan fingerprint density at radius 3 is 2.03 bits per heavy atom. The number of amides is 2. The van der Waals surface area contributed by atoms with Crippen LogP contribution in [0.1, 0.15) is 48.0 Å². The third-order valence-electron chi connectivity index (χ3n) is 5.06. The topological polar surface area (TPSA) is 104 Å². The molecule has 0 aliphatic rings. The number of rotatable bonds is 24. The normalized spacial score (nSPS) is 10.9. The standard InChI is InChI=1S/C26H43ClN2O7/c1-32-16-17-36-21-19-34-14-10-25(30)29-22-23-6-8-24(9-7-23)26(31)28-12-15-35-20-18-33-13-5-3-2-4-11-27/h6-9H,2-5,10-22H2,1H3,(H,28,31)(H,29,30). The second kappa shape index (κ2) is 23.6. The van der Waals surface area contributed by atoms with Gasteiger partial charge >= 0.3 is 0 Å². The van der Waals surface area contributed by atoms with Gasteiger partial charge in [-0.2, -0.15) is 0 Å². The van der Waals surface area contributed by atoms with Crippen LogP contribution in [0.4, 0.5) is 0 Å². The van der Waals surface area contributed by atoms with Crippen molar-refractivity contribution in [3.8, 4) is 0 Å². The molecular weight excluding hydrogens is 488 g/mol. The molecule has 1 aromatic carbocycles. The minimum Gasteiger partial charge on any atom is -0.382 e. The van der Waals surface area contributed by atoms with Crippen molar-refractivity contribution in [1.82, 2.24) is 10.6 Å². The Morgan fingerprint density at radius 2 is 1.33 bits per heavy atom. The summed E-state index contributed by atoms with van der Waals surface area (Å²) in [6.07, 6.45) is 4.66. The Bertz CT molecular complexity index is 677. The lowest BCUT2D eigenvalue weighted by molar-refractivity contribution is -0.122. The smallest absolute Gasteiger partial charge is 0.251 e. The number of benzene rings is 1. The van der Waals surface area contributed by atoms with Crippen molar-refractivity contribution < 1.29 is 33.3 Å². The summed E-state index contributed by atoms with van der Waals surface area (Å²) in [7, 11) is 1.62. The highest BCUT2D eigenvalue weighted by atomic mass is 35.5. The van der Waals surface area contributed by atoms with E-state index in [1.807, 2.05) is 12.1 Å². The van der Waals surface area contributed by atoms with E-state index in [-0.39, 0.29) is 18.2 Å². The van der Waals surface area contributed by atoms with Crippen LogP contribution < -0.4 is 10.6 Å². The molecule has 36 heavy (non-hydrogen) atoms. The van der Waals surface area contributed by atoms with Crippen LogP contribution in [0.15, 0.2) is 24.3 Å². The van der Waals surface area contributed by atoms with Crippen LogP contribution in [0.25, 0.3) is 0 Å². The van der Waals surface area contributed by atoms with Gasteiger partial charge in [-0.15, -0.1) is 11.6 Å². The van der Waals surface area contributed by atoms with Crippen molar-refractivity contribution in [3.63, 3.8) is 0 Å². The number of unbranched alkanes of at least 4 members (excludes halogenated alkanes) is 3. The van der Waals surface area contributed by atoms with E-state index in [0.29, 0.717) is 71.5 Å². The first-order chi connectivity index (χ1) is 17.7. The van der Waals surface area contributed by atoms with Gasteiger partial charge < -0.3 is 34.3 Å². The van der Waals surface area contributed by atoms with Crippen LogP contribution >= 0.6 is 11.6 Å². The molecule has 2 N–H and O–H groups in total. The Hall–Kier alpha value is -1.75. The fourth-order valence-electron chi connectivity index (χ4n) is 3.01. The molecule has 0 unspecified atom stereocenters. The summed E-state index contributed by atoms with van der Waals surface area (Å²) >= 11 is 5.64. The first-order valence-electron chi connectivity index (χ1n) is 12.7. The average Bonchev–Trinajstić information content (AvgIpc) is 2.89.